The molecule has 0 saturated carbocycles. The average molecular weight is 130 g/mol. The molecule has 54 valence electrons. The molecule has 0 aliphatic carbocycles. The first-order chi connectivity index (χ1) is 4.18. The maximum Gasteiger partial charge on any atom is 0.239 e. The number of amides is 1. The number of carbonyl (C=O) groups is 1. The molecular weight excluding hydrogens is 116 g/mol. The van der Waals surface area contributed by atoms with Gasteiger partial charge < -0.3 is 0 Å². The maximum atomic E-state index is 10.2. The van der Waals surface area contributed by atoms with Gasteiger partial charge in [0.05, 0.1) is 0 Å². The van der Waals surface area contributed by atoms with E-state index in [1.165, 1.54) is 11.9 Å². The second-order valence-corrected chi connectivity index (χ2v) is 1.18. The lowest BCUT2D eigenvalue weighted by Gasteiger charge is -2.02. The van der Waals surface area contributed by atoms with Crippen molar-refractivity contribution in [2.75, 3.05) is 7.05 Å². The summed E-state index contributed by atoms with van der Waals surface area (Å²) in [4.78, 5) is 10.2. The van der Waals surface area contributed by atoms with Gasteiger partial charge in [-0.1, -0.05) is 13.8 Å². The van der Waals surface area contributed by atoms with E-state index in [1.54, 1.807) is 7.05 Å². The standard InChI is InChI=1S/C4H8N2O.C2H6/c1-4(7)6(3)5-2;1-2/h2H2,1,3H3;1-2H3. The van der Waals surface area contributed by atoms with Crippen molar-refractivity contribution in [3.63, 3.8) is 0 Å². The highest BCUT2D eigenvalue weighted by Crippen LogP contribution is 1.78. The molecule has 0 aromatic rings. The minimum absolute atomic E-state index is 0.102. The molecule has 1 amide bonds. The fourth-order valence-electron chi connectivity index (χ4n) is 0.0996. The number of hydrogen-bond acceptors (Lipinski definition) is 2. The molecule has 0 fully saturated rings. The number of rotatable bonds is 1. The van der Waals surface area contributed by atoms with E-state index in [4.69, 9.17) is 0 Å². The third-order valence-corrected chi connectivity index (χ3v) is 0.668. The van der Waals surface area contributed by atoms with E-state index >= 15 is 0 Å². The Bertz CT molecular complexity index is 91.1. The minimum Gasteiger partial charge on any atom is -0.273 e. The lowest BCUT2D eigenvalue weighted by molar-refractivity contribution is -0.127. The molecule has 0 radical (unpaired) electrons. The van der Waals surface area contributed by atoms with Crippen LogP contribution in [-0.2, 0) is 4.79 Å². The average Bonchev–Trinajstić information content (AvgIpc) is 1.91. The van der Waals surface area contributed by atoms with Crippen molar-refractivity contribution in [1.82, 2.24) is 5.01 Å². The van der Waals surface area contributed by atoms with Crippen LogP contribution in [0.3, 0.4) is 0 Å². The van der Waals surface area contributed by atoms with Gasteiger partial charge in [-0.15, -0.1) is 0 Å². The van der Waals surface area contributed by atoms with Crippen LogP contribution in [0, 0.1) is 0 Å². The Morgan fingerprint density at radius 1 is 1.56 bits per heavy atom. The van der Waals surface area contributed by atoms with Gasteiger partial charge in [0, 0.05) is 20.7 Å². The number of carbonyl (C=O) groups excluding carboxylic acids is 1. The van der Waals surface area contributed by atoms with E-state index in [1.807, 2.05) is 13.8 Å². The molecule has 0 spiro atoms. The summed E-state index contributed by atoms with van der Waals surface area (Å²) in [5.41, 5.74) is 0. The summed E-state index contributed by atoms with van der Waals surface area (Å²) >= 11 is 0. The second kappa shape index (κ2) is 7.14. The normalized spacial score (nSPS) is 6.67. The Morgan fingerprint density at radius 2 is 1.89 bits per heavy atom. The zero-order valence-corrected chi connectivity index (χ0v) is 6.51. The van der Waals surface area contributed by atoms with Gasteiger partial charge >= 0.3 is 0 Å². The van der Waals surface area contributed by atoms with E-state index in [9.17, 15) is 4.79 Å². The zero-order chi connectivity index (χ0) is 7.86. The Morgan fingerprint density at radius 3 is 1.89 bits per heavy atom. The highest BCUT2D eigenvalue weighted by molar-refractivity contribution is 5.72. The summed E-state index contributed by atoms with van der Waals surface area (Å²) in [5.74, 6) is -0.102. The predicted molar refractivity (Wildman–Crippen MR) is 39.3 cm³/mol. The molecule has 0 aromatic carbocycles. The first-order valence-electron chi connectivity index (χ1n) is 2.89. The molecule has 0 aliphatic heterocycles. The van der Waals surface area contributed by atoms with Crippen molar-refractivity contribution in [2.45, 2.75) is 20.8 Å². The highest BCUT2D eigenvalue weighted by Gasteiger charge is 1.92. The van der Waals surface area contributed by atoms with Crippen molar-refractivity contribution in [2.24, 2.45) is 5.10 Å². The summed E-state index contributed by atoms with van der Waals surface area (Å²) in [6.07, 6.45) is 0. The van der Waals surface area contributed by atoms with Gasteiger partial charge in [-0.05, 0) is 0 Å². The third kappa shape index (κ3) is 7.14. The minimum atomic E-state index is -0.102. The van der Waals surface area contributed by atoms with Gasteiger partial charge in [-0.3, -0.25) is 4.79 Å². The topological polar surface area (TPSA) is 32.7 Å². The fourth-order valence-corrected chi connectivity index (χ4v) is 0.0996. The van der Waals surface area contributed by atoms with Gasteiger partial charge in [0.25, 0.3) is 0 Å². The molecule has 9 heavy (non-hydrogen) atoms. The zero-order valence-electron chi connectivity index (χ0n) is 6.51. The number of hydrogen-bond donors (Lipinski definition) is 0. The van der Waals surface area contributed by atoms with E-state index in [0.29, 0.717) is 0 Å². The first-order valence-corrected chi connectivity index (χ1v) is 2.89. The first kappa shape index (κ1) is 11.0. The second-order valence-electron chi connectivity index (χ2n) is 1.18. The van der Waals surface area contributed by atoms with Crippen molar-refractivity contribution in [3.05, 3.63) is 0 Å². The summed E-state index contributed by atoms with van der Waals surface area (Å²) in [5, 5.41) is 4.49. The van der Waals surface area contributed by atoms with Crippen LogP contribution in [0.2, 0.25) is 0 Å². The molecule has 3 heteroatoms. The van der Waals surface area contributed by atoms with Crippen molar-refractivity contribution in [3.8, 4) is 0 Å². The van der Waals surface area contributed by atoms with Crippen LogP contribution in [0.15, 0.2) is 5.10 Å². The Kier molecular flexibility index (Phi) is 8.73. The maximum absolute atomic E-state index is 10.2. The van der Waals surface area contributed by atoms with Gasteiger partial charge in [0.1, 0.15) is 0 Å². The predicted octanol–water partition coefficient (Wildman–Crippen LogP) is 1.11. The third-order valence-electron chi connectivity index (χ3n) is 0.668. The van der Waals surface area contributed by atoms with Gasteiger partial charge in [0.2, 0.25) is 5.91 Å². The van der Waals surface area contributed by atoms with Crippen LogP contribution in [0.1, 0.15) is 20.8 Å². The molecule has 0 saturated heterocycles. The molecule has 3 nitrogen and oxygen atoms in total. The van der Waals surface area contributed by atoms with E-state index in [0.717, 1.165) is 0 Å². The molecule has 0 rings (SSSR count). The smallest absolute Gasteiger partial charge is 0.239 e. The lowest BCUT2D eigenvalue weighted by atomic mass is 10.7. The Hall–Kier alpha value is -0.860. The molecule has 0 bridgehead atoms. The number of hydrazone groups is 1. The van der Waals surface area contributed by atoms with E-state index in [-0.39, 0.29) is 5.91 Å². The molecule has 0 aliphatic rings. The number of nitrogens with zero attached hydrogens (tertiary/aromatic N) is 2. The van der Waals surface area contributed by atoms with Gasteiger partial charge in [-0.2, -0.15) is 5.10 Å². The summed E-state index contributed by atoms with van der Waals surface area (Å²) in [7, 11) is 1.55. The van der Waals surface area contributed by atoms with Crippen LogP contribution >= 0.6 is 0 Å². The van der Waals surface area contributed by atoms with E-state index in [2.05, 4.69) is 11.8 Å². The lowest BCUT2D eigenvalue weighted by Crippen LogP contribution is -2.15. The van der Waals surface area contributed by atoms with Gasteiger partial charge in [-0.25, -0.2) is 5.01 Å². The monoisotopic (exact) mass is 130 g/mol. The van der Waals surface area contributed by atoms with Crippen LogP contribution in [0.4, 0.5) is 0 Å². The SMILES string of the molecule is C=NN(C)C(C)=O.CC. The Labute approximate surface area is 56.4 Å². The molecule has 0 unspecified atom stereocenters. The molecule has 0 atom stereocenters. The summed E-state index contributed by atoms with van der Waals surface area (Å²) in [6, 6.07) is 0. The molecule has 0 heterocycles. The fraction of sp³-hybridized carbons (Fsp3) is 0.667. The van der Waals surface area contributed by atoms with Crippen LogP contribution in [0.25, 0.3) is 0 Å². The van der Waals surface area contributed by atoms with Crippen molar-refractivity contribution >= 4 is 12.6 Å². The summed E-state index contributed by atoms with van der Waals surface area (Å²) in [6.45, 7) is 8.56. The highest BCUT2D eigenvalue weighted by atomic mass is 16.2. The van der Waals surface area contributed by atoms with Crippen molar-refractivity contribution < 1.29 is 4.79 Å². The molecular formula is C6H14N2O. The van der Waals surface area contributed by atoms with E-state index < -0.39 is 0 Å². The molecule has 0 N–H and O–H groups in total. The van der Waals surface area contributed by atoms with Gasteiger partial charge in [0.15, 0.2) is 0 Å². The van der Waals surface area contributed by atoms with Crippen molar-refractivity contribution in [1.29, 1.82) is 0 Å². The largest absolute Gasteiger partial charge is 0.273 e. The molecule has 0 aromatic heterocycles. The Balaban J connectivity index is 0. The summed E-state index contributed by atoms with van der Waals surface area (Å²) < 4.78 is 0. The van der Waals surface area contributed by atoms with Crippen LogP contribution in [0.5, 0.6) is 0 Å². The van der Waals surface area contributed by atoms with Crippen LogP contribution in [-0.4, -0.2) is 24.7 Å². The van der Waals surface area contributed by atoms with Crippen LogP contribution < -0.4 is 0 Å². The quantitative estimate of drug-likeness (QED) is 0.386.